The average molecular weight is 569 g/mol. The van der Waals surface area contributed by atoms with Crippen molar-refractivity contribution >= 4 is 55.5 Å². The predicted molar refractivity (Wildman–Crippen MR) is 133 cm³/mol. The van der Waals surface area contributed by atoms with Gasteiger partial charge in [0.25, 0.3) is 0 Å². The summed E-state index contributed by atoms with van der Waals surface area (Å²) in [4.78, 5) is 8.86. The van der Waals surface area contributed by atoms with Crippen molar-refractivity contribution in [1.29, 1.82) is 0 Å². The molecule has 0 spiro atoms. The van der Waals surface area contributed by atoms with Gasteiger partial charge in [-0.2, -0.15) is 10.9 Å². The molecule has 1 aromatic heterocycles. The second-order valence-corrected chi connectivity index (χ2v) is 10.8. The summed E-state index contributed by atoms with van der Waals surface area (Å²) in [6, 6.07) is 11.3. The minimum absolute atomic E-state index is 0.0406. The number of halogens is 1. The van der Waals surface area contributed by atoms with Crippen LogP contribution in [0.15, 0.2) is 42.7 Å². The van der Waals surface area contributed by atoms with Gasteiger partial charge in [0, 0.05) is 18.5 Å². The Labute approximate surface area is 201 Å². The number of aromatic nitrogens is 2. The summed E-state index contributed by atoms with van der Waals surface area (Å²) in [6.45, 7) is 0. The highest BCUT2D eigenvalue weighted by Gasteiger charge is 2.33. The molecule has 0 saturated heterocycles. The van der Waals surface area contributed by atoms with Gasteiger partial charge in [0.2, 0.25) is 0 Å². The summed E-state index contributed by atoms with van der Waals surface area (Å²) in [5.41, 5.74) is 2.39. The maximum Gasteiger partial charge on any atom is 0.309 e. The fourth-order valence-electron chi connectivity index (χ4n) is 3.57. The standard InChI is InChI=1S/C21H24IN5O4S/c1-23-32(28,29)27(22)15-8-6-14(7-9-15)20(13-4-5-13)26-21-16-10-18(30-2)19(31-3)11-17(16)24-12-25-21/h6-13,20,23H,4-5H2,1-3H3,(H,24,25,26). The number of hydrogen-bond donors (Lipinski definition) is 2. The zero-order valence-electron chi connectivity index (χ0n) is 17.9. The molecule has 4 rings (SSSR count). The second kappa shape index (κ2) is 9.24. The maximum atomic E-state index is 12.1. The number of fused-ring (bicyclic) bond motifs is 1. The lowest BCUT2D eigenvalue weighted by Gasteiger charge is -2.22. The number of methoxy groups -OCH3 is 2. The molecule has 170 valence electrons. The largest absolute Gasteiger partial charge is 0.493 e. The first-order valence-corrected chi connectivity index (χ1v) is 12.4. The molecule has 0 aliphatic heterocycles. The topological polar surface area (TPSA) is 106 Å². The van der Waals surface area contributed by atoms with E-state index in [0.717, 1.165) is 29.3 Å². The van der Waals surface area contributed by atoms with Crippen LogP contribution in [0.2, 0.25) is 0 Å². The molecule has 1 aliphatic rings. The van der Waals surface area contributed by atoms with Crippen LogP contribution in [-0.2, 0) is 10.2 Å². The number of benzene rings is 2. The van der Waals surface area contributed by atoms with E-state index >= 15 is 0 Å². The molecule has 11 heteroatoms. The van der Waals surface area contributed by atoms with E-state index in [1.165, 1.54) is 15.9 Å². The Kier molecular flexibility index (Phi) is 6.58. The minimum Gasteiger partial charge on any atom is -0.493 e. The maximum absolute atomic E-state index is 12.1. The zero-order valence-corrected chi connectivity index (χ0v) is 20.8. The summed E-state index contributed by atoms with van der Waals surface area (Å²) < 4.78 is 38.5. The van der Waals surface area contributed by atoms with Crippen molar-refractivity contribution in [2.24, 2.45) is 5.92 Å². The highest BCUT2D eigenvalue weighted by molar-refractivity contribution is 14.1. The molecule has 2 N–H and O–H groups in total. The summed E-state index contributed by atoms with van der Waals surface area (Å²) >= 11 is 1.77. The molecule has 1 aliphatic carbocycles. The predicted octanol–water partition coefficient (Wildman–Crippen LogP) is 3.83. The van der Waals surface area contributed by atoms with Crippen LogP contribution in [0.1, 0.15) is 24.4 Å². The molecule has 0 amide bonds. The third-order valence-electron chi connectivity index (χ3n) is 5.45. The van der Waals surface area contributed by atoms with E-state index in [9.17, 15) is 8.42 Å². The molecule has 0 radical (unpaired) electrons. The Bertz CT molecular complexity index is 1220. The molecular weight excluding hydrogens is 545 g/mol. The summed E-state index contributed by atoms with van der Waals surface area (Å²) in [7, 11) is 1.02. The van der Waals surface area contributed by atoms with Gasteiger partial charge in [0.05, 0.1) is 54.3 Å². The number of ether oxygens (including phenoxy) is 2. The highest BCUT2D eigenvalue weighted by Crippen LogP contribution is 2.44. The molecule has 0 bridgehead atoms. The number of nitrogens with one attached hydrogen (secondary N) is 2. The van der Waals surface area contributed by atoms with Crippen LogP contribution in [0.25, 0.3) is 10.9 Å². The van der Waals surface area contributed by atoms with Gasteiger partial charge in [-0.15, -0.1) is 0 Å². The Morgan fingerprint density at radius 2 is 1.75 bits per heavy atom. The summed E-state index contributed by atoms with van der Waals surface area (Å²) in [6.07, 6.45) is 3.76. The highest BCUT2D eigenvalue weighted by atomic mass is 127. The van der Waals surface area contributed by atoms with Crippen LogP contribution in [0.4, 0.5) is 11.5 Å². The molecule has 9 nitrogen and oxygen atoms in total. The Hall–Kier alpha value is -2.38. The van der Waals surface area contributed by atoms with E-state index in [2.05, 4.69) is 20.0 Å². The van der Waals surface area contributed by atoms with Gasteiger partial charge in [0.15, 0.2) is 11.5 Å². The molecule has 1 unspecified atom stereocenters. The van der Waals surface area contributed by atoms with Gasteiger partial charge >= 0.3 is 10.2 Å². The van der Waals surface area contributed by atoms with Gasteiger partial charge in [-0.1, -0.05) is 12.1 Å². The molecule has 1 heterocycles. The average Bonchev–Trinajstić information content (AvgIpc) is 3.66. The van der Waals surface area contributed by atoms with Crippen LogP contribution >= 0.6 is 22.9 Å². The molecule has 1 fully saturated rings. The lowest BCUT2D eigenvalue weighted by Crippen LogP contribution is -2.31. The summed E-state index contributed by atoms with van der Waals surface area (Å²) in [5.74, 6) is 2.41. The number of anilines is 2. The van der Waals surface area contributed by atoms with Crippen LogP contribution < -0.4 is 22.0 Å². The minimum atomic E-state index is -3.56. The van der Waals surface area contributed by atoms with E-state index in [0.29, 0.717) is 28.9 Å². The lowest BCUT2D eigenvalue weighted by atomic mass is 10.0. The first kappa shape index (κ1) is 22.8. The van der Waals surface area contributed by atoms with E-state index < -0.39 is 10.2 Å². The van der Waals surface area contributed by atoms with Crippen molar-refractivity contribution in [3.63, 3.8) is 0 Å². The molecule has 3 aromatic rings. The SMILES string of the molecule is CNS(=O)(=O)N(I)c1ccc(C(Nc2ncnc3cc(OC)c(OC)cc23)C2CC2)cc1. The molecule has 32 heavy (non-hydrogen) atoms. The van der Waals surface area contributed by atoms with Crippen LogP contribution in [0.5, 0.6) is 11.5 Å². The lowest BCUT2D eigenvalue weighted by molar-refractivity contribution is 0.356. The quantitative estimate of drug-likeness (QED) is 0.298. The van der Waals surface area contributed by atoms with Crippen LogP contribution in [-0.4, -0.2) is 39.7 Å². The Morgan fingerprint density at radius 3 is 2.34 bits per heavy atom. The van der Waals surface area contributed by atoms with Crippen molar-refractivity contribution in [3.05, 3.63) is 48.3 Å². The van der Waals surface area contributed by atoms with Crippen LogP contribution in [0.3, 0.4) is 0 Å². The van der Waals surface area contributed by atoms with E-state index in [1.54, 1.807) is 49.2 Å². The second-order valence-electron chi connectivity index (χ2n) is 7.42. The third kappa shape index (κ3) is 4.55. The number of rotatable bonds is 9. The zero-order chi connectivity index (χ0) is 22.9. The first-order chi connectivity index (χ1) is 15.4. The van der Waals surface area contributed by atoms with Gasteiger partial charge in [-0.05, 0) is 42.5 Å². The number of nitrogens with zero attached hydrogens (tertiary/aromatic N) is 3. The van der Waals surface area contributed by atoms with Gasteiger partial charge < -0.3 is 14.8 Å². The van der Waals surface area contributed by atoms with Crippen molar-refractivity contribution in [2.45, 2.75) is 18.9 Å². The fraction of sp³-hybridized carbons (Fsp3) is 0.333. The molecule has 1 saturated carbocycles. The van der Waals surface area contributed by atoms with E-state index in [-0.39, 0.29) is 6.04 Å². The normalized spacial score (nSPS) is 14.8. The molecule has 1 atom stereocenters. The monoisotopic (exact) mass is 569 g/mol. The first-order valence-electron chi connectivity index (χ1n) is 10.0. The van der Waals surface area contributed by atoms with E-state index in [1.807, 2.05) is 24.3 Å². The van der Waals surface area contributed by atoms with Crippen LogP contribution in [0, 0.1) is 5.92 Å². The van der Waals surface area contributed by atoms with Gasteiger partial charge in [0.1, 0.15) is 12.1 Å². The molecule has 2 aromatic carbocycles. The Balaban J connectivity index is 1.66. The van der Waals surface area contributed by atoms with E-state index in [4.69, 9.17) is 9.47 Å². The van der Waals surface area contributed by atoms with Crippen molar-refractivity contribution in [2.75, 3.05) is 29.1 Å². The van der Waals surface area contributed by atoms with Crippen molar-refractivity contribution < 1.29 is 17.9 Å². The van der Waals surface area contributed by atoms with Gasteiger partial charge in [-0.3, -0.25) is 0 Å². The number of hydrogen-bond acceptors (Lipinski definition) is 7. The van der Waals surface area contributed by atoms with Crippen molar-refractivity contribution in [1.82, 2.24) is 14.7 Å². The summed E-state index contributed by atoms with van der Waals surface area (Å²) in [5, 5.41) is 4.42. The fourth-order valence-corrected chi connectivity index (χ4v) is 5.04. The molecular formula is C21H24IN5O4S. The van der Waals surface area contributed by atoms with Crippen molar-refractivity contribution in [3.8, 4) is 11.5 Å². The third-order valence-corrected chi connectivity index (χ3v) is 8.71. The Morgan fingerprint density at radius 1 is 1.09 bits per heavy atom. The smallest absolute Gasteiger partial charge is 0.309 e. The van der Waals surface area contributed by atoms with Gasteiger partial charge in [-0.25, -0.2) is 14.7 Å².